The second-order valence-corrected chi connectivity index (χ2v) is 5.22. The van der Waals surface area contributed by atoms with Gasteiger partial charge in [0.15, 0.2) is 0 Å². The fourth-order valence-electron chi connectivity index (χ4n) is 1.71. The number of rotatable bonds is 3. The SMILES string of the molecule is CC1CC1Cn1cc(I)cc1C(=O)O. The second-order valence-electron chi connectivity index (χ2n) is 3.97. The van der Waals surface area contributed by atoms with Crippen molar-refractivity contribution in [2.45, 2.75) is 19.9 Å². The molecule has 2 atom stereocenters. The first kappa shape index (κ1) is 10.0. The van der Waals surface area contributed by atoms with Crippen LogP contribution in [-0.2, 0) is 6.54 Å². The third kappa shape index (κ3) is 1.94. The van der Waals surface area contributed by atoms with Crippen molar-refractivity contribution in [2.24, 2.45) is 11.8 Å². The van der Waals surface area contributed by atoms with E-state index in [0.29, 0.717) is 11.6 Å². The Morgan fingerprint density at radius 2 is 2.43 bits per heavy atom. The first-order valence-electron chi connectivity index (χ1n) is 4.67. The monoisotopic (exact) mass is 305 g/mol. The van der Waals surface area contributed by atoms with Crippen LogP contribution in [0.2, 0.25) is 0 Å². The average Bonchev–Trinajstić information content (AvgIpc) is 2.60. The standard InChI is InChI=1S/C10H12INO2/c1-6-2-7(6)4-12-5-8(11)3-9(12)10(13)14/h3,5-7H,2,4H2,1H3,(H,13,14). The molecule has 1 fully saturated rings. The summed E-state index contributed by atoms with van der Waals surface area (Å²) in [5, 5.41) is 8.95. The minimum absolute atomic E-state index is 0.411. The van der Waals surface area contributed by atoms with E-state index in [2.05, 4.69) is 29.5 Å². The Morgan fingerprint density at radius 3 is 2.93 bits per heavy atom. The first-order chi connectivity index (χ1) is 6.58. The van der Waals surface area contributed by atoms with Gasteiger partial charge in [0, 0.05) is 16.3 Å². The molecule has 0 radical (unpaired) electrons. The van der Waals surface area contributed by atoms with Crippen molar-refractivity contribution in [3.8, 4) is 0 Å². The van der Waals surface area contributed by atoms with Crippen LogP contribution in [0.25, 0.3) is 0 Å². The summed E-state index contributed by atoms with van der Waals surface area (Å²) < 4.78 is 2.85. The smallest absolute Gasteiger partial charge is 0.352 e. The summed E-state index contributed by atoms with van der Waals surface area (Å²) in [6.07, 6.45) is 3.14. The number of carbonyl (C=O) groups is 1. The van der Waals surface area contributed by atoms with Crippen molar-refractivity contribution in [1.29, 1.82) is 0 Å². The molecular weight excluding hydrogens is 293 g/mol. The fourth-order valence-corrected chi connectivity index (χ4v) is 2.34. The fraction of sp³-hybridized carbons (Fsp3) is 0.500. The molecule has 0 bridgehead atoms. The van der Waals surface area contributed by atoms with E-state index in [-0.39, 0.29) is 0 Å². The molecule has 76 valence electrons. The van der Waals surface area contributed by atoms with E-state index in [1.165, 1.54) is 6.42 Å². The van der Waals surface area contributed by atoms with Crippen LogP contribution in [0.15, 0.2) is 12.3 Å². The topological polar surface area (TPSA) is 42.2 Å². The lowest BCUT2D eigenvalue weighted by Gasteiger charge is -2.04. The molecule has 2 unspecified atom stereocenters. The van der Waals surface area contributed by atoms with Crippen LogP contribution in [0.1, 0.15) is 23.8 Å². The largest absolute Gasteiger partial charge is 0.477 e. The minimum atomic E-state index is -0.832. The summed E-state index contributed by atoms with van der Waals surface area (Å²) in [6, 6.07) is 1.72. The van der Waals surface area contributed by atoms with Crippen molar-refractivity contribution in [3.63, 3.8) is 0 Å². The zero-order valence-corrected chi connectivity index (χ0v) is 10.1. The average molecular weight is 305 g/mol. The van der Waals surface area contributed by atoms with E-state index in [9.17, 15) is 4.79 Å². The Balaban J connectivity index is 2.18. The predicted octanol–water partition coefficient (Wildman–Crippen LogP) is 2.45. The van der Waals surface area contributed by atoms with Gasteiger partial charge in [-0.25, -0.2) is 4.79 Å². The number of nitrogens with zero attached hydrogens (tertiary/aromatic N) is 1. The normalized spacial score (nSPS) is 25.0. The van der Waals surface area contributed by atoms with E-state index < -0.39 is 5.97 Å². The van der Waals surface area contributed by atoms with Crippen LogP contribution in [0.5, 0.6) is 0 Å². The maximum Gasteiger partial charge on any atom is 0.352 e. The number of aromatic nitrogens is 1. The molecular formula is C10H12INO2. The first-order valence-corrected chi connectivity index (χ1v) is 5.74. The molecule has 0 saturated heterocycles. The van der Waals surface area contributed by atoms with Gasteiger partial charge in [-0.15, -0.1) is 0 Å². The van der Waals surface area contributed by atoms with E-state index in [4.69, 9.17) is 5.11 Å². The van der Waals surface area contributed by atoms with Crippen molar-refractivity contribution >= 4 is 28.6 Å². The number of carboxylic acids is 1. The van der Waals surface area contributed by atoms with Crippen molar-refractivity contribution in [1.82, 2.24) is 4.57 Å². The zero-order chi connectivity index (χ0) is 10.3. The van der Waals surface area contributed by atoms with E-state index >= 15 is 0 Å². The third-order valence-electron chi connectivity index (χ3n) is 2.79. The summed E-state index contributed by atoms with van der Waals surface area (Å²) in [4.78, 5) is 10.9. The van der Waals surface area contributed by atoms with Crippen LogP contribution >= 0.6 is 22.6 Å². The summed E-state index contributed by atoms with van der Waals surface area (Å²) >= 11 is 2.15. The molecule has 0 amide bonds. The van der Waals surface area contributed by atoms with Crippen molar-refractivity contribution in [3.05, 3.63) is 21.5 Å². The lowest BCUT2D eigenvalue weighted by atomic mass is 10.3. The summed E-state index contributed by atoms with van der Waals surface area (Å²) in [7, 11) is 0. The van der Waals surface area contributed by atoms with Gasteiger partial charge in [0.1, 0.15) is 5.69 Å². The Kier molecular flexibility index (Phi) is 2.55. The number of halogens is 1. The van der Waals surface area contributed by atoms with Crippen molar-refractivity contribution in [2.75, 3.05) is 0 Å². The highest BCUT2D eigenvalue weighted by Crippen LogP contribution is 2.39. The highest BCUT2D eigenvalue weighted by molar-refractivity contribution is 14.1. The predicted molar refractivity (Wildman–Crippen MR) is 61.4 cm³/mol. The quantitative estimate of drug-likeness (QED) is 0.872. The molecule has 0 aliphatic heterocycles. The number of carboxylic acid groups (broad SMARTS) is 1. The molecule has 1 heterocycles. The van der Waals surface area contributed by atoms with Gasteiger partial charge in [0.2, 0.25) is 0 Å². The van der Waals surface area contributed by atoms with Crippen LogP contribution in [0, 0.1) is 15.4 Å². The van der Waals surface area contributed by atoms with Crippen LogP contribution < -0.4 is 0 Å². The molecule has 2 rings (SSSR count). The van der Waals surface area contributed by atoms with Gasteiger partial charge in [-0.3, -0.25) is 0 Å². The molecule has 1 saturated carbocycles. The molecule has 1 aromatic rings. The molecule has 1 aliphatic carbocycles. The maximum absolute atomic E-state index is 10.9. The van der Waals surface area contributed by atoms with Gasteiger partial charge in [-0.2, -0.15) is 0 Å². The molecule has 0 spiro atoms. The Hall–Kier alpha value is -0.520. The Bertz CT molecular complexity index is 372. The maximum atomic E-state index is 10.9. The van der Waals surface area contributed by atoms with Gasteiger partial charge in [-0.1, -0.05) is 6.92 Å². The molecule has 0 aromatic carbocycles. The van der Waals surface area contributed by atoms with Gasteiger partial charge >= 0.3 is 5.97 Å². The summed E-state index contributed by atoms with van der Waals surface area (Å²) in [5.74, 6) is 0.606. The third-order valence-corrected chi connectivity index (χ3v) is 3.38. The number of hydrogen-bond acceptors (Lipinski definition) is 1. The van der Waals surface area contributed by atoms with Gasteiger partial charge in [0.05, 0.1) is 0 Å². The molecule has 1 N–H and O–H groups in total. The minimum Gasteiger partial charge on any atom is -0.477 e. The lowest BCUT2D eigenvalue weighted by molar-refractivity contribution is 0.0684. The Labute approximate surface area is 96.3 Å². The van der Waals surface area contributed by atoms with Gasteiger partial charge < -0.3 is 9.67 Å². The second kappa shape index (κ2) is 3.56. The highest BCUT2D eigenvalue weighted by Gasteiger charge is 2.33. The molecule has 1 aromatic heterocycles. The van der Waals surface area contributed by atoms with Gasteiger partial charge in [-0.05, 0) is 46.9 Å². The van der Waals surface area contributed by atoms with Crippen LogP contribution in [0.4, 0.5) is 0 Å². The number of hydrogen-bond donors (Lipinski definition) is 1. The van der Waals surface area contributed by atoms with Crippen LogP contribution in [-0.4, -0.2) is 15.6 Å². The summed E-state index contributed by atoms with van der Waals surface area (Å²) in [5.41, 5.74) is 0.411. The Morgan fingerprint density at radius 1 is 1.79 bits per heavy atom. The molecule has 14 heavy (non-hydrogen) atoms. The highest BCUT2D eigenvalue weighted by atomic mass is 127. The van der Waals surface area contributed by atoms with Gasteiger partial charge in [0.25, 0.3) is 0 Å². The van der Waals surface area contributed by atoms with Crippen molar-refractivity contribution < 1.29 is 9.90 Å². The molecule has 3 nitrogen and oxygen atoms in total. The molecule has 4 heteroatoms. The van der Waals surface area contributed by atoms with E-state index in [0.717, 1.165) is 16.0 Å². The zero-order valence-electron chi connectivity index (χ0n) is 7.90. The number of aromatic carboxylic acids is 1. The lowest BCUT2D eigenvalue weighted by Crippen LogP contribution is -2.09. The van der Waals surface area contributed by atoms with E-state index in [1.54, 1.807) is 6.07 Å². The van der Waals surface area contributed by atoms with Crippen LogP contribution in [0.3, 0.4) is 0 Å². The molecule has 1 aliphatic rings. The summed E-state index contributed by atoms with van der Waals surface area (Å²) in [6.45, 7) is 3.06. The van der Waals surface area contributed by atoms with E-state index in [1.807, 2.05) is 10.8 Å².